The molecular formula is C16H33NO2. The molecule has 0 aliphatic rings. The monoisotopic (exact) mass is 271 g/mol. The van der Waals surface area contributed by atoms with Crippen LogP contribution >= 0.6 is 0 Å². The minimum Gasteiger partial charge on any atom is -0.468 e. The molecule has 1 atom stereocenters. The summed E-state index contributed by atoms with van der Waals surface area (Å²) < 4.78 is 4.81. The van der Waals surface area contributed by atoms with Gasteiger partial charge in [-0.15, -0.1) is 0 Å². The topological polar surface area (TPSA) is 38.3 Å². The van der Waals surface area contributed by atoms with Crippen molar-refractivity contribution in [1.82, 2.24) is 5.32 Å². The number of esters is 1. The van der Waals surface area contributed by atoms with Crippen LogP contribution in [0.1, 0.15) is 72.1 Å². The van der Waals surface area contributed by atoms with Crippen molar-refractivity contribution in [3.8, 4) is 0 Å². The SMILES string of the molecule is CCCCCCCCCCN[C@H](C(=O)OC)C(C)C. The summed E-state index contributed by atoms with van der Waals surface area (Å²) in [5, 5.41) is 3.31. The smallest absolute Gasteiger partial charge is 0.323 e. The molecule has 0 aromatic heterocycles. The Hall–Kier alpha value is -0.570. The van der Waals surface area contributed by atoms with Gasteiger partial charge in [0.2, 0.25) is 0 Å². The van der Waals surface area contributed by atoms with Crippen molar-refractivity contribution < 1.29 is 9.53 Å². The zero-order valence-corrected chi connectivity index (χ0v) is 13.3. The fourth-order valence-corrected chi connectivity index (χ4v) is 2.23. The van der Waals surface area contributed by atoms with Gasteiger partial charge in [0.1, 0.15) is 6.04 Å². The lowest BCUT2D eigenvalue weighted by atomic mass is 10.0. The van der Waals surface area contributed by atoms with Crippen LogP contribution < -0.4 is 5.32 Å². The van der Waals surface area contributed by atoms with Gasteiger partial charge in [-0.3, -0.25) is 4.79 Å². The highest BCUT2D eigenvalue weighted by Crippen LogP contribution is 2.08. The highest BCUT2D eigenvalue weighted by atomic mass is 16.5. The zero-order valence-electron chi connectivity index (χ0n) is 13.3. The van der Waals surface area contributed by atoms with E-state index in [1.165, 1.54) is 52.1 Å². The Morgan fingerprint density at radius 2 is 1.53 bits per heavy atom. The first kappa shape index (κ1) is 18.4. The van der Waals surface area contributed by atoms with Crippen molar-refractivity contribution in [2.24, 2.45) is 5.92 Å². The van der Waals surface area contributed by atoms with Gasteiger partial charge < -0.3 is 10.1 Å². The fraction of sp³-hybridized carbons (Fsp3) is 0.938. The van der Waals surface area contributed by atoms with Crippen LogP contribution in [0.25, 0.3) is 0 Å². The van der Waals surface area contributed by atoms with E-state index in [0.717, 1.165) is 13.0 Å². The third kappa shape index (κ3) is 9.94. The van der Waals surface area contributed by atoms with Crippen LogP contribution in [0.3, 0.4) is 0 Å². The number of nitrogens with one attached hydrogen (secondary N) is 1. The summed E-state index contributed by atoms with van der Waals surface area (Å²) in [6.07, 6.45) is 10.5. The molecule has 3 heteroatoms. The molecule has 0 aromatic rings. The Bertz CT molecular complexity index is 217. The van der Waals surface area contributed by atoms with Crippen molar-refractivity contribution in [1.29, 1.82) is 0 Å². The van der Waals surface area contributed by atoms with E-state index in [-0.39, 0.29) is 17.9 Å². The third-order valence-electron chi connectivity index (χ3n) is 3.52. The lowest BCUT2D eigenvalue weighted by Gasteiger charge is -2.19. The second kappa shape index (κ2) is 12.5. The Balaban J connectivity index is 3.48. The van der Waals surface area contributed by atoms with Gasteiger partial charge in [-0.05, 0) is 18.9 Å². The van der Waals surface area contributed by atoms with Crippen LogP contribution in [0.4, 0.5) is 0 Å². The molecule has 0 bridgehead atoms. The standard InChI is InChI=1S/C16H33NO2/c1-5-6-7-8-9-10-11-12-13-17-15(14(2)3)16(18)19-4/h14-15,17H,5-13H2,1-4H3/t15-/m0/s1. The average molecular weight is 271 g/mol. The largest absolute Gasteiger partial charge is 0.468 e. The minimum absolute atomic E-state index is 0.144. The Labute approximate surface area is 119 Å². The van der Waals surface area contributed by atoms with E-state index in [0.29, 0.717) is 0 Å². The number of hydrogen-bond acceptors (Lipinski definition) is 3. The van der Waals surface area contributed by atoms with E-state index in [9.17, 15) is 4.79 Å². The molecule has 19 heavy (non-hydrogen) atoms. The lowest BCUT2D eigenvalue weighted by Crippen LogP contribution is -2.42. The summed E-state index contributed by atoms with van der Waals surface area (Å²) in [5.74, 6) is 0.135. The van der Waals surface area contributed by atoms with Gasteiger partial charge in [0.15, 0.2) is 0 Å². The molecule has 0 aliphatic carbocycles. The summed E-state index contributed by atoms with van der Waals surface area (Å²) in [6.45, 7) is 7.25. The Kier molecular flexibility index (Phi) is 12.1. The van der Waals surface area contributed by atoms with Gasteiger partial charge in [-0.2, -0.15) is 0 Å². The van der Waals surface area contributed by atoms with Gasteiger partial charge >= 0.3 is 5.97 Å². The van der Waals surface area contributed by atoms with Crippen molar-refractivity contribution in [2.45, 2.75) is 78.2 Å². The first-order chi connectivity index (χ1) is 9.13. The molecule has 1 N–H and O–H groups in total. The Morgan fingerprint density at radius 1 is 1.00 bits per heavy atom. The first-order valence-electron chi connectivity index (χ1n) is 7.94. The molecule has 0 spiro atoms. The second-order valence-electron chi connectivity index (χ2n) is 5.67. The van der Waals surface area contributed by atoms with Crippen LogP contribution in [-0.2, 0) is 9.53 Å². The first-order valence-corrected chi connectivity index (χ1v) is 7.94. The molecule has 0 saturated carbocycles. The molecule has 3 nitrogen and oxygen atoms in total. The number of unbranched alkanes of at least 4 members (excludes halogenated alkanes) is 7. The molecule has 0 radical (unpaired) electrons. The van der Waals surface area contributed by atoms with E-state index < -0.39 is 0 Å². The highest BCUT2D eigenvalue weighted by Gasteiger charge is 2.21. The quantitative estimate of drug-likeness (QED) is 0.432. The summed E-state index contributed by atoms with van der Waals surface area (Å²) in [6, 6.07) is -0.158. The van der Waals surface area contributed by atoms with E-state index in [1.54, 1.807) is 0 Å². The second-order valence-corrected chi connectivity index (χ2v) is 5.67. The number of carbonyl (C=O) groups is 1. The summed E-state index contributed by atoms with van der Waals surface area (Å²) in [4.78, 5) is 11.5. The van der Waals surface area contributed by atoms with Gasteiger partial charge in [0.05, 0.1) is 7.11 Å². The predicted molar refractivity (Wildman–Crippen MR) is 81.3 cm³/mol. The molecule has 0 amide bonds. The third-order valence-corrected chi connectivity index (χ3v) is 3.52. The van der Waals surface area contributed by atoms with Gasteiger partial charge in [0.25, 0.3) is 0 Å². The molecule has 0 fully saturated rings. The molecule has 114 valence electrons. The van der Waals surface area contributed by atoms with Gasteiger partial charge in [0, 0.05) is 0 Å². The summed E-state index contributed by atoms with van der Waals surface area (Å²) >= 11 is 0. The lowest BCUT2D eigenvalue weighted by molar-refractivity contribution is -0.144. The van der Waals surface area contributed by atoms with Crippen LogP contribution in [0.5, 0.6) is 0 Å². The maximum Gasteiger partial charge on any atom is 0.323 e. The molecule has 0 unspecified atom stereocenters. The number of rotatable bonds is 12. The molecule has 0 aliphatic heterocycles. The maximum atomic E-state index is 11.5. The van der Waals surface area contributed by atoms with Crippen molar-refractivity contribution in [2.75, 3.05) is 13.7 Å². The molecule has 0 heterocycles. The van der Waals surface area contributed by atoms with E-state index in [4.69, 9.17) is 4.74 Å². The van der Waals surface area contributed by atoms with E-state index in [1.807, 2.05) is 13.8 Å². The maximum absolute atomic E-state index is 11.5. The van der Waals surface area contributed by atoms with Crippen molar-refractivity contribution in [3.05, 3.63) is 0 Å². The number of carbonyl (C=O) groups excluding carboxylic acids is 1. The van der Waals surface area contributed by atoms with Crippen LogP contribution in [0.2, 0.25) is 0 Å². The zero-order chi connectivity index (χ0) is 14.5. The van der Waals surface area contributed by atoms with Crippen molar-refractivity contribution in [3.63, 3.8) is 0 Å². The number of ether oxygens (including phenoxy) is 1. The number of hydrogen-bond donors (Lipinski definition) is 1. The van der Waals surface area contributed by atoms with Crippen LogP contribution in [-0.4, -0.2) is 25.7 Å². The predicted octanol–water partition coefficient (Wildman–Crippen LogP) is 3.91. The van der Waals surface area contributed by atoms with E-state index in [2.05, 4.69) is 12.2 Å². The number of methoxy groups -OCH3 is 1. The normalized spacial score (nSPS) is 12.7. The van der Waals surface area contributed by atoms with Crippen molar-refractivity contribution >= 4 is 5.97 Å². The Morgan fingerprint density at radius 3 is 2.00 bits per heavy atom. The molecular weight excluding hydrogens is 238 g/mol. The highest BCUT2D eigenvalue weighted by molar-refractivity contribution is 5.75. The van der Waals surface area contributed by atoms with Gasteiger partial charge in [-0.1, -0.05) is 65.7 Å². The van der Waals surface area contributed by atoms with Gasteiger partial charge in [-0.25, -0.2) is 0 Å². The molecule has 0 aromatic carbocycles. The molecule has 0 saturated heterocycles. The summed E-state index contributed by atoms with van der Waals surface area (Å²) in [5.41, 5.74) is 0. The van der Waals surface area contributed by atoms with Crippen LogP contribution in [0.15, 0.2) is 0 Å². The van der Waals surface area contributed by atoms with E-state index >= 15 is 0 Å². The fourth-order valence-electron chi connectivity index (χ4n) is 2.23. The minimum atomic E-state index is -0.158. The molecule has 0 rings (SSSR count). The van der Waals surface area contributed by atoms with Crippen LogP contribution in [0, 0.1) is 5.92 Å². The average Bonchev–Trinajstić information content (AvgIpc) is 2.40. The summed E-state index contributed by atoms with van der Waals surface area (Å²) in [7, 11) is 1.45.